The predicted octanol–water partition coefficient (Wildman–Crippen LogP) is -0.744. The summed E-state index contributed by atoms with van der Waals surface area (Å²) in [5.74, 6) is -2.45. The molecule has 0 bridgehead atoms. The van der Waals surface area contributed by atoms with E-state index in [0.717, 1.165) is 6.26 Å². The van der Waals surface area contributed by atoms with Crippen molar-refractivity contribution < 1.29 is 23.1 Å². The van der Waals surface area contributed by atoms with Crippen LogP contribution in [-0.4, -0.2) is 43.5 Å². The zero-order valence-corrected chi connectivity index (χ0v) is 9.67. The molecule has 0 rings (SSSR count). The van der Waals surface area contributed by atoms with Gasteiger partial charge in [-0.1, -0.05) is 6.92 Å². The van der Waals surface area contributed by atoms with Crippen molar-refractivity contribution in [3.8, 4) is 0 Å². The van der Waals surface area contributed by atoms with E-state index in [-0.39, 0.29) is 6.54 Å². The summed E-state index contributed by atoms with van der Waals surface area (Å²) in [4.78, 5) is 21.6. The lowest BCUT2D eigenvalue weighted by Gasteiger charge is -2.12. The number of hydrogen-bond acceptors (Lipinski definition) is 4. The zero-order chi connectivity index (χ0) is 12.2. The van der Waals surface area contributed by atoms with Crippen LogP contribution in [0.4, 0.5) is 0 Å². The van der Waals surface area contributed by atoms with Gasteiger partial charge in [-0.2, -0.15) is 0 Å². The molecule has 0 aromatic heterocycles. The lowest BCUT2D eigenvalue weighted by atomic mass is 10.2. The Morgan fingerprint density at radius 2 is 1.80 bits per heavy atom. The first-order chi connectivity index (χ1) is 6.66. The molecule has 0 aromatic rings. The lowest BCUT2D eigenvalue weighted by Crippen LogP contribution is -2.40. The normalized spacial score (nSPS) is 15.4. The van der Waals surface area contributed by atoms with Crippen molar-refractivity contribution in [3.63, 3.8) is 0 Å². The van der Waals surface area contributed by atoms with E-state index in [4.69, 9.17) is 5.11 Å². The Labute approximate surface area is 88.6 Å². The fourth-order valence-electron chi connectivity index (χ4n) is 0.679. The van der Waals surface area contributed by atoms with Crippen LogP contribution in [0, 0.1) is 5.92 Å². The van der Waals surface area contributed by atoms with Crippen LogP contribution in [0.5, 0.6) is 0 Å². The highest BCUT2D eigenvalue weighted by atomic mass is 32.2. The summed E-state index contributed by atoms with van der Waals surface area (Å²) in [7, 11) is -3.43. The molecule has 0 saturated carbocycles. The van der Waals surface area contributed by atoms with Gasteiger partial charge in [0.1, 0.15) is 5.25 Å². The second-order valence-corrected chi connectivity index (χ2v) is 5.82. The maximum absolute atomic E-state index is 11.2. The van der Waals surface area contributed by atoms with Gasteiger partial charge in [-0.3, -0.25) is 9.59 Å². The maximum atomic E-state index is 11.2. The summed E-state index contributed by atoms with van der Waals surface area (Å²) >= 11 is 0. The molecular weight excluding hydrogens is 222 g/mol. The molecule has 0 aliphatic carbocycles. The molecular formula is C8H15NO5S. The molecule has 2 N–H and O–H groups in total. The monoisotopic (exact) mass is 237 g/mol. The van der Waals surface area contributed by atoms with E-state index in [1.807, 2.05) is 0 Å². The van der Waals surface area contributed by atoms with Gasteiger partial charge in [0.05, 0.1) is 5.92 Å². The van der Waals surface area contributed by atoms with Crippen LogP contribution < -0.4 is 5.32 Å². The number of carboxylic acid groups (broad SMARTS) is 1. The largest absolute Gasteiger partial charge is 0.481 e. The van der Waals surface area contributed by atoms with Gasteiger partial charge in [-0.15, -0.1) is 0 Å². The summed E-state index contributed by atoms with van der Waals surface area (Å²) in [5.41, 5.74) is 0. The maximum Gasteiger partial charge on any atom is 0.308 e. The lowest BCUT2D eigenvalue weighted by molar-refractivity contribution is -0.141. The highest BCUT2D eigenvalue weighted by Crippen LogP contribution is 1.98. The van der Waals surface area contributed by atoms with E-state index in [1.54, 1.807) is 0 Å². The first-order valence-electron chi connectivity index (χ1n) is 4.35. The summed E-state index contributed by atoms with van der Waals surface area (Å²) in [6, 6.07) is 0. The summed E-state index contributed by atoms with van der Waals surface area (Å²) in [6.45, 7) is 2.61. The van der Waals surface area contributed by atoms with Gasteiger partial charge in [0.15, 0.2) is 9.84 Å². The molecule has 88 valence electrons. The highest BCUT2D eigenvalue weighted by molar-refractivity contribution is 7.92. The molecule has 0 aliphatic rings. The average molecular weight is 237 g/mol. The van der Waals surface area contributed by atoms with Gasteiger partial charge >= 0.3 is 5.97 Å². The van der Waals surface area contributed by atoms with Crippen molar-refractivity contribution in [1.82, 2.24) is 5.32 Å². The molecule has 0 radical (unpaired) electrons. The number of hydrogen-bond donors (Lipinski definition) is 2. The Balaban J connectivity index is 4.23. The fraction of sp³-hybridized carbons (Fsp3) is 0.750. The van der Waals surface area contributed by atoms with E-state index in [0.29, 0.717) is 0 Å². The Morgan fingerprint density at radius 1 is 1.33 bits per heavy atom. The third kappa shape index (κ3) is 4.78. The molecule has 1 amide bonds. The topological polar surface area (TPSA) is 101 Å². The van der Waals surface area contributed by atoms with Gasteiger partial charge < -0.3 is 10.4 Å². The molecule has 0 spiro atoms. The summed E-state index contributed by atoms with van der Waals surface area (Å²) < 4.78 is 21.9. The zero-order valence-electron chi connectivity index (χ0n) is 8.85. The Morgan fingerprint density at radius 3 is 2.13 bits per heavy atom. The molecule has 15 heavy (non-hydrogen) atoms. The van der Waals surface area contributed by atoms with E-state index < -0.39 is 32.9 Å². The number of sulfone groups is 1. The average Bonchev–Trinajstić information content (AvgIpc) is 2.10. The van der Waals surface area contributed by atoms with Crippen molar-refractivity contribution in [2.24, 2.45) is 5.92 Å². The van der Waals surface area contributed by atoms with Gasteiger partial charge in [-0.25, -0.2) is 8.42 Å². The smallest absolute Gasteiger partial charge is 0.308 e. The third-order valence-corrected chi connectivity index (χ3v) is 3.51. The van der Waals surface area contributed by atoms with Crippen molar-refractivity contribution in [2.75, 3.05) is 12.8 Å². The van der Waals surface area contributed by atoms with Gasteiger partial charge in [-0.05, 0) is 6.92 Å². The minimum absolute atomic E-state index is 0.0754. The third-order valence-electron chi connectivity index (χ3n) is 2.02. The molecule has 2 atom stereocenters. The van der Waals surface area contributed by atoms with Crippen molar-refractivity contribution in [1.29, 1.82) is 0 Å². The van der Waals surface area contributed by atoms with Gasteiger partial charge in [0.25, 0.3) is 0 Å². The second-order valence-electron chi connectivity index (χ2n) is 3.46. The van der Waals surface area contributed by atoms with Crippen LogP contribution in [0.3, 0.4) is 0 Å². The Hall–Kier alpha value is -1.11. The van der Waals surface area contributed by atoms with Crippen LogP contribution in [0.25, 0.3) is 0 Å². The van der Waals surface area contributed by atoms with Crippen molar-refractivity contribution >= 4 is 21.7 Å². The van der Waals surface area contributed by atoms with E-state index >= 15 is 0 Å². The number of rotatable bonds is 5. The molecule has 2 unspecified atom stereocenters. The molecule has 0 saturated heterocycles. The van der Waals surface area contributed by atoms with Crippen LogP contribution >= 0.6 is 0 Å². The van der Waals surface area contributed by atoms with Crippen molar-refractivity contribution in [3.05, 3.63) is 0 Å². The highest BCUT2D eigenvalue weighted by Gasteiger charge is 2.24. The Kier molecular flexibility index (Phi) is 4.73. The first kappa shape index (κ1) is 13.9. The quantitative estimate of drug-likeness (QED) is 0.655. The van der Waals surface area contributed by atoms with Crippen LogP contribution in [-0.2, 0) is 19.4 Å². The van der Waals surface area contributed by atoms with Crippen LogP contribution in [0.1, 0.15) is 13.8 Å². The number of nitrogens with one attached hydrogen (secondary N) is 1. The molecule has 0 aromatic carbocycles. The number of carbonyl (C=O) groups is 2. The number of aliphatic carboxylic acids is 1. The van der Waals surface area contributed by atoms with Gasteiger partial charge in [0.2, 0.25) is 5.91 Å². The molecule has 0 aliphatic heterocycles. The van der Waals surface area contributed by atoms with Crippen molar-refractivity contribution in [2.45, 2.75) is 19.1 Å². The first-order valence-corrected chi connectivity index (χ1v) is 6.31. The molecule has 0 fully saturated rings. The number of carbonyl (C=O) groups excluding carboxylic acids is 1. The van der Waals surface area contributed by atoms with E-state index in [1.165, 1.54) is 13.8 Å². The van der Waals surface area contributed by atoms with Crippen LogP contribution in [0.15, 0.2) is 0 Å². The SMILES string of the molecule is CC(CNC(=O)C(C)S(C)(=O)=O)C(=O)O. The van der Waals surface area contributed by atoms with Crippen LogP contribution in [0.2, 0.25) is 0 Å². The predicted molar refractivity (Wildman–Crippen MR) is 54.1 cm³/mol. The minimum atomic E-state index is -3.43. The fourth-order valence-corrected chi connectivity index (χ4v) is 1.15. The second kappa shape index (κ2) is 5.11. The number of carboxylic acids is 1. The molecule has 0 heterocycles. The molecule has 6 nitrogen and oxygen atoms in total. The summed E-state index contributed by atoms with van der Waals surface area (Å²) in [5, 5.41) is 9.64. The summed E-state index contributed by atoms with van der Waals surface area (Å²) in [6.07, 6.45) is 0.956. The number of amides is 1. The van der Waals surface area contributed by atoms with E-state index in [2.05, 4.69) is 5.32 Å². The minimum Gasteiger partial charge on any atom is -0.481 e. The molecule has 7 heteroatoms. The standard InChI is InChI=1S/C8H15NO5S/c1-5(8(11)12)4-9-7(10)6(2)15(3,13)14/h5-6H,4H2,1-3H3,(H,9,10)(H,11,12). The Bertz CT molecular complexity index is 348. The van der Waals surface area contributed by atoms with E-state index in [9.17, 15) is 18.0 Å². The van der Waals surface area contributed by atoms with Gasteiger partial charge in [0, 0.05) is 12.8 Å².